The van der Waals surface area contributed by atoms with E-state index in [0.29, 0.717) is 0 Å². The van der Waals surface area contributed by atoms with Gasteiger partial charge in [0, 0.05) is 13.1 Å². The van der Waals surface area contributed by atoms with Crippen molar-refractivity contribution in [3.63, 3.8) is 0 Å². The summed E-state index contributed by atoms with van der Waals surface area (Å²) in [4.78, 5) is 0.981. The fraction of sp³-hybridized carbons (Fsp3) is 0.500. The molecular formula is C12H10F5NO. The van der Waals surface area contributed by atoms with Crippen molar-refractivity contribution in [2.24, 2.45) is 5.92 Å². The predicted octanol–water partition coefficient (Wildman–Crippen LogP) is 2.34. The molecule has 1 heterocycles. The fourth-order valence-electron chi connectivity index (χ4n) is 2.52. The average Bonchev–Trinajstić information content (AvgIpc) is 3.16. The summed E-state index contributed by atoms with van der Waals surface area (Å²) in [5.74, 6) is -9.74. The lowest BCUT2D eigenvalue weighted by molar-refractivity contribution is -0.0101. The molecule has 0 radical (unpaired) electrons. The molecule has 1 aliphatic carbocycles. The Balaban J connectivity index is 1.94. The number of halogens is 5. The molecule has 0 amide bonds. The highest BCUT2D eigenvalue weighted by Crippen LogP contribution is 2.46. The SMILES string of the molecule is OC1(C2CC2)CN(c2c(F)c(F)c(F)c(F)c2F)C1. The van der Waals surface area contributed by atoms with Gasteiger partial charge < -0.3 is 10.0 Å². The minimum atomic E-state index is -2.17. The topological polar surface area (TPSA) is 23.5 Å². The van der Waals surface area contributed by atoms with Gasteiger partial charge in [0.05, 0.1) is 0 Å². The predicted molar refractivity (Wildman–Crippen MR) is 56.1 cm³/mol. The Labute approximate surface area is 105 Å². The molecule has 0 aromatic heterocycles. The van der Waals surface area contributed by atoms with E-state index in [1.54, 1.807) is 0 Å². The summed E-state index contributed by atoms with van der Waals surface area (Å²) in [6, 6.07) is 0. The molecule has 1 saturated carbocycles. The standard InChI is InChI=1S/C12H10F5NO/c13-6-7(14)9(16)11(10(17)8(6)15)18-3-12(19,4-18)5-1-2-5/h5,19H,1-4H2. The van der Waals surface area contributed by atoms with E-state index < -0.39 is 40.4 Å². The first-order chi connectivity index (χ1) is 8.85. The largest absolute Gasteiger partial charge is 0.386 e. The fourth-order valence-corrected chi connectivity index (χ4v) is 2.52. The molecule has 2 aliphatic rings. The molecule has 104 valence electrons. The van der Waals surface area contributed by atoms with Crippen molar-refractivity contribution in [2.45, 2.75) is 18.4 Å². The lowest BCUT2D eigenvalue weighted by Crippen LogP contribution is -2.64. The van der Waals surface area contributed by atoms with Crippen molar-refractivity contribution in [3.8, 4) is 0 Å². The molecule has 2 fully saturated rings. The molecule has 7 heteroatoms. The van der Waals surface area contributed by atoms with Gasteiger partial charge in [-0.15, -0.1) is 0 Å². The molecule has 2 nitrogen and oxygen atoms in total. The monoisotopic (exact) mass is 279 g/mol. The van der Waals surface area contributed by atoms with Gasteiger partial charge in [-0.1, -0.05) is 0 Å². The zero-order valence-electron chi connectivity index (χ0n) is 9.69. The van der Waals surface area contributed by atoms with Gasteiger partial charge in [0.25, 0.3) is 0 Å². The van der Waals surface area contributed by atoms with Crippen molar-refractivity contribution in [2.75, 3.05) is 18.0 Å². The Morgan fingerprint density at radius 3 is 1.68 bits per heavy atom. The summed E-state index contributed by atoms with van der Waals surface area (Å²) in [6.45, 7) is -0.230. The van der Waals surface area contributed by atoms with Crippen LogP contribution in [-0.4, -0.2) is 23.8 Å². The van der Waals surface area contributed by atoms with Gasteiger partial charge in [-0.05, 0) is 18.8 Å². The summed E-state index contributed by atoms with van der Waals surface area (Å²) in [5, 5.41) is 10.0. The summed E-state index contributed by atoms with van der Waals surface area (Å²) in [6.07, 6.45) is 1.64. The van der Waals surface area contributed by atoms with Crippen LogP contribution < -0.4 is 4.90 Å². The van der Waals surface area contributed by atoms with E-state index >= 15 is 0 Å². The second-order valence-corrected chi connectivity index (χ2v) is 5.15. The van der Waals surface area contributed by atoms with E-state index in [9.17, 15) is 27.1 Å². The lowest BCUT2D eigenvalue weighted by Gasteiger charge is -2.48. The van der Waals surface area contributed by atoms with E-state index in [1.807, 2.05) is 0 Å². The van der Waals surface area contributed by atoms with E-state index in [4.69, 9.17) is 0 Å². The number of aliphatic hydroxyl groups is 1. The molecule has 0 unspecified atom stereocenters. The Morgan fingerprint density at radius 1 is 0.842 bits per heavy atom. The van der Waals surface area contributed by atoms with Gasteiger partial charge in [-0.2, -0.15) is 0 Å². The Hall–Kier alpha value is -1.37. The van der Waals surface area contributed by atoms with Gasteiger partial charge in [0.1, 0.15) is 11.3 Å². The molecule has 1 N–H and O–H groups in total. The maximum Gasteiger partial charge on any atom is 0.200 e. The maximum atomic E-state index is 13.5. The van der Waals surface area contributed by atoms with Crippen molar-refractivity contribution >= 4 is 5.69 Å². The van der Waals surface area contributed by atoms with Crippen LogP contribution in [0.5, 0.6) is 0 Å². The van der Waals surface area contributed by atoms with Crippen LogP contribution >= 0.6 is 0 Å². The number of rotatable bonds is 2. The summed E-state index contributed by atoms with van der Waals surface area (Å²) in [5.41, 5.74) is -2.03. The first kappa shape index (κ1) is 12.7. The zero-order chi connectivity index (χ0) is 13.9. The first-order valence-corrected chi connectivity index (χ1v) is 5.84. The number of benzene rings is 1. The van der Waals surface area contributed by atoms with Gasteiger partial charge in [0.15, 0.2) is 23.3 Å². The van der Waals surface area contributed by atoms with E-state index in [0.717, 1.165) is 17.7 Å². The molecule has 0 bridgehead atoms. The minimum absolute atomic E-state index is 0.0602. The molecule has 19 heavy (non-hydrogen) atoms. The Morgan fingerprint density at radius 2 is 1.26 bits per heavy atom. The Kier molecular flexibility index (Phi) is 2.54. The first-order valence-electron chi connectivity index (χ1n) is 5.84. The van der Waals surface area contributed by atoms with Crippen LogP contribution in [0.4, 0.5) is 27.6 Å². The number of hydrogen-bond acceptors (Lipinski definition) is 2. The van der Waals surface area contributed by atoms with Crippen molar-refractivity contribution in [1.82, 2.24) is 0 Å². The quantitative estimate of drug-likeness (QED) is 0.510. The van der Waals surface area contributed by atoms with Crippen LogP contribution in [0.2, 0.25) is 0 Å². The second-order valence-electron chi connectivity index (χ2n) is 5.15. The zero-order valence-corrected chi connectivity index (χ0v) is 9.69. The maximum absolute atomic E-state index is 13.5. The summed E-state index contributed by atoms with van der Waals surface area (Å²) >= 11 is 0. The number of anilines is 1. The van der Waals surface area contributed by atoms with Gasteiger partial charge >= 0.3 is 0 Å². The van der Waals surface area contributed by atoms with Gasteiger partial charge in [-0.3, -0.25) is 0 Å². The number of hydrogen-bond donors (Lipinski definition) is 1. The Bertz CT molecular complexity index is 523. The third kappa shape index (κ3) is 1.71. The lowest BCUT2D eigenvalue weighted by atomic mass is 9.88. The molecule has 1 saturated heterocycles. The van der Waals surface area contributed by atoms with Crippen LogP contribution in [0.15, 0.2) is 0 Å². The third-order valence-corrected chi connectivity index (χ3v) is 3.77. The molecule has 0 atom stereocenters. The van der Waals surface area contributed by atoms with Gasteiger partial charge in [0.2, 0.25) is 5.82 Å². The van der Waals surface area contributed by atoms with E-state index in [1.165, 1.54) is 0 Å². The molecular weight excluding hydrogens is 269 g/mol. The molecule has 1 aliphatic heterocycles. The normalized spacial score (nSPS) is 21.5. The molecule has 0 spiro atoms. The highest BCUT2D eigenvalue weighted by molar-refractivity contribution is 5.54. The highest BCUT2D eigenvalue weighted by Gasteiger charge is 2.53. The molecule has 1 aromatic rings. The van der Waals surface area contributed by atoms with E-state index in [-0.39, 0.29) is 19.0 Å². The number of nitrogens with zero attached hydrogens (tertiary/aromatic N) is 1. The second kappa shape index (κ2) is 3.82. The van der Waals surface area contributed by atoms with Crippen LogP contribution in [0.25, 0.3) is 0 Å². The number of β-amino-alcohol motifs (C(OH)–C–C–N with tert-alkyl or cyclic N) is 1. The highest BCUT2D eigenvalue weighted by atomic mass is 19.2. The summed E-state index contributed by atoms with van der Waals surface area (Å²) < 4.78 is 65.9. The van der Waals surface area contributed by atoms with E-state index in [2.05, 4.69) is 0 Å². The van der Waals surface area contributed by atoms with Crippen LogP contribution in [0.1, 0.15) is 12.8 Å². The van der Waals surface area contributed by atoms with Crippen LogP contribution in [0.3, 0.4) is 0 Å². The third-order valence-electron chi connectivity index (χ3n) is 3.77. The van der Waals surface area contributed by atoms with Crippen LogP contribution in [0, 0.1) is 35.0 Å². The van der Waals surface area contributed by atoms with Crippen molar-refractivity contribution in [1.29, 1.82) is 0 Å². The minimum Gasteiger partial charge on any atom is -0.386 e. The molecule has 3 rings (SSSR count). The summed E-state index contributed by atoms with van der Waals surface area (Å²) in [7, 11) is 0. The smallest absolute Gasteiger partial charge is 0.200 e. The van der Waals surface area contributed by atoms with Crippen molar-refractivity contribution < 1.29 is 27.1 Å². The van der Waals surface area contributed by atoms with Crippen molar-refractivity contribution in [3.05, 3.63) is 29.1 Å². The average molecular weight is 279 g/mol. The van der Waals surface area contributed by atoms with Crippen LogP contribution in [-0.2, 0) is 0 Å². The van der Waals surface area contributed by atoms with Gasteiger partial charge in [-0.25, -0.2) is 22.0 Å². The molecule has 1 aromatic carbocycles.